The molecule has 25 heavy (non-hydrogen) atoms. The van der Waals surface area contributed by atoms with Crippen LogP contribution in [0.2, 0.25) is 0 Å². The smallest absolute Gasteiger partial charge is 0.263 e. The predicted molar refractivity (Wildman–Crippen MR) is 97.9 cm³/mol. The van der Waals surface area contributed by atoms with Crippen molar-refractivity contribution in [1.82, 2.24) is 4.90 Å². The van der Waals surface area contributed by atoms with E-state index in [-0.39, 0.29) is 11.5 Å². The second-order valence-corrected chi connectivity index (χ2v) is 7.14. The van der Waals surface area contributed by atoms with Crippen molar-refractivity contribution in [2.75, 3.05) is 18.4 Å². The number of thiophene rings is 1. The number of hydrogen-bond donors (Lipinski definition) is 1. The van der Waals surface area contributed by atoms with Gasteiger partial charge in [0.25, 0.3) is 12.3 Å². The van der Waals surface area contributed by atoms with Crippen LogP contribution in [0.5, 0.6) is 0 Å². The van der Waals surface area contributed by atoms with Crippen molar-refractivity contribution in [3.63, 3.8) is 0 Å². The average Bonchev–Trinajstić information content (AvgIpc) is 3.26. The first-order chi connectivity index (χ1) is 12.0. The summed E-state index contributed by atoms with van der Waals surface area (Å²) in [6.45, 7) is 3.97. The molecule has 0 radical (unpaired) electrons. The van der Waals surface area contributed by atoms with E-state index in [0.717, 1.165) is 34.2 Å². The van der Waals surface area contributed by atoms with E-state index in [2.05, 4.69) is 10.2 Å². The third-order valence-electron chi connectivity index (χ3n) is 4.24. The Morgan fingerprint density at radius 2 is 1.84 bits per heavy atom. The Bertz CT molecular complexity index is 762. The first kappa shape index (κ1) is 17.6. The summed E-state index contributed by atoms with van der Waals surface area (Å²) < 4.78 is 25.2. The van der Waals surface area contributed by atoms with Gasteiger partial charge in [0.1, 0.15) is 0 Å². The molecule has 1 amide bonds. The largest absolute Gasteiger partial charge is 0.375 e. The molecule has 3 rings (SSSR count). The summed E-state index contributed by atoms with van der Waals surface area (Å²) in [5.74, 6) is -0.147. The van der Waals surface area contributed by atoms with Gasteiger partial charge in [0.2, 0.25) is 0 Å². The van der Waals surface area contributed by atoms with Crippen molar-refractivity contribution in [2.45, 2.75) is 26.2 Å². The minimum atomic E-state index is -2.46. The summed E-state index contributed by atoms with van der Waals surface area (Å²) >= 11 is 1.43. The van der Waals surface area contributed by atoms with Gasteiger partial charge in [0.15, 0.2) is 0 Å². The maximum Gasteiger partial charge on any atom is 0.263 e. The normalized spacial score (nSPS) is 15.0. The van der Waals surface area contributed by atoms with Gasteiger partial charge in [-0.3, -0.25) is 4.79 Å². The quantitative estimate of drug-likeness (QED) is 0.733. The molecule has 6 heteroatoms. The standard InChI is InChI=1S/C19H20F2N2OS/c1-13(23-10-2-3-11-23)12-17(24)22-18-9-8-16(25-18)14-4-6-15(7-5-14)19(20)21/h4-9,12,19H,2-3,10-11H2,1H3,(H,22,24). The maximum atomic E-state index is 12.6. The predicted octanol–water partition coefficient (Wildman–Crippen LogP) is 5.29. The minimum absolute atomic E-state index is 0.0105. The summed E-state index contributed by atoms with van der Waals surface area (Å²) in [5, 5.41) is 3.61. The van der Waals surface area contributed by atoms with E-state index >= 15 is 0 Å². The number of rotatable bonds is 5. The van der Waals surface area contributed by atoms with Gasteiger partial charge in [-0.25, -0.2) is 8.78 Å². The molecular weight excluding hydrogens is 342 g/mol. The molecule has 1 aromatic carbocycles. The van der Waals surface area contributed by atoms with Gasteiger partial charge >= 0.3 is 0 Å². The van der Waals surface area contributed by atoms with Gasteiger partial charge in [-0.15, -0.1) is 11.3 Å². The highest BCUT2D eigenvalue weighted by Crippen LogP contribution is 2.32. The number of likely N-dealkylation sites (tertiary alicyclic amines) is 1. The molecule has 1 aromatic heterocycles. The highest BCUT2D eigenvalue weighted by atomic mass is 32.1. The molecule has 2 heterocycles. The second kappa shape index (κ2) is 7.78. The Labute approximate surface area is 150 Å². The lowest BCUT2D eigenvalue weighted by Crippen LogP contribution is -2.19. The fraction of sp³-hybridized carbons (Fsp3) is 0.316. The van der Waals surface area contributed by atoms with Gasteiger partial charge in [-0.1, -0.05) is 24.3 Å². The molecule has 0 spiro atoms. The molecule has 1 aliphatic rings. The Morgan fingerprint density at radius 1 is 1.16 bits per heavy atom. The number of allylic oxidation sites excluding steroid dienone is 1. The SMILES string of the molecule is CC(=CC(=O)Nc1ccc(-c2ccc(C(F)F)cc2)s1)N1CCCC1. The van der Waals surface area contributed by atoms with Gasteiger partial charge in [-0.05, 0) is 37.5 Å². The third kappa shape index (κ3) is 4.45. The summed E-state index contributed by atoms with van der Waals surface area (Å²) in [4.78, 5) is 15.3. The molecule has 1 saturated heterocycles. The van der Waals surface area contributed by atoms with Crippen molar-refractivity contribution in [1.29, 1.82) is 0 Å². The van der Waals surface area contributed by atoms with E-state index < -0.39 is 6.43 Å². The van der Waals surface area contributed by atoms with Crippen LogP contribution in [0.3, 0.4) is 0 Å². The fourth-order valence-corrected chi connectivity index (χ4v) is 3.78. The van der Waals surface area contributed by atoms with E-state index in [9.17, 15) is 13.6 Å². The molecular formula is C19H20F2N2OS. The van der Waals surface area contributed by atoms with E-state index in [4.69, 9.17) is 0 Å². The van der Waals surface area contributed by atoms with Crippen LogP contribution in [-0.2, 0) is 4.79 Å². The number of carbonyl (C=O) groups is 1. The summed E-state index contributed by atoms with van der Waals surface area (Å²) in [5.41, 5.74) is 1.85. The minimum Gasteiger partial charge on any atom is -0.375 e. The number of halogens is 2. The van der Waals surface area contributed by atoms with Crippen molar-refractivity contribution in [3.8, 4) is 10.4 Å². The number of anilines is 1. The van der Waals surface area contributed by atoms with Crippen LogP contribution >= 0.6 is 11.3 Å². The molecule has 1 fully saturated rings. The van der Waals surface area contributed by atoms with Crippen LogP contribution in [-0.4, -0.2) is 23.9 Å². The van der Waals surface area contributed by atoms with E-state index in [1.165, 1.54) is 36.3 Å². The van der Waals surface area contributed by atoms with E-state index in [0.29, 0.717) is 0 Å². The molecule has 132 valence electrons. The average molecular weight is 362 g/mol. The molecule has 3 nitrogen and oxygen atoms in total. The number of alkyl halides is 2. The summed E-state index contributed by atoms with van der Waals surface area (Å²) in [6, 6.07) is 9.93. The first-order valence-electron chi connectivity index (χ1n) is 8.25. The first-order valence-corrected chi connectivity index (χ1v) is 9.07. The number of nitrogens with zero attached hydrogens (tertiary/aromatic N) is 1. The molecule has 0 unspecified atom stereocenters. The summed E-state index contributed by atoms with van der Waals surface area (Å²) in [7, 11) is 0. The molecule has 0 atom stereocenters. The Morgan fingerprint density at radius 3 is 2.48 bits per heavy atom. The zero-order chi connectivity index (χ0) is 17.8. The zero-order valence-corrected chi connectivity index (χ0v) is 14.8. The number of carbonyl (C=O) groups excluding carboxylic acids is 1. The molecule has 1 aliphatic heterocycles. The lowest BCUT2D eigenvalue weighted by molar-refractivity contribution is -0.112. The van der Waals surface area contributed by atoms with Gasteiger partial charge in [0, 0.05) is 35.3 Å². The third-order valence-corrected chi connectivity index (χ3v) is 5.29. The van der Waals surface area contributed by atoms with Crippen LogP contribution in [0.15, 0.2) is 48.2 Å². The van der Waals surface area contributed by atoms with E-state index in [1.807, 2.05) is 19.1 Å². The Kier molecular flexibility index (Phi) is 5.48. The molecule has 0 bridgehead atoms. The summed E-state index contributed by atoms with van der Waals surface area (Å²) in [6.07, 6.45) is 1.51. The van der Waals surface area contributed by atoms with Crippen LogP contribution in [0.1, 0.15) is 31.8 Å². The van der Waals surface area contributed by atoms with Crippen LogP contribution in [0.25, 0.3) is 10.4 Å². The molecule has 1 N–H and O–H groups in total. The Balaban J connectivity index is 1.65. The Hall–Kier alpha value is -2.21. The van der Waals surface area contributed by atoms with Crippen molar-refractivity contribution in [3.05, 3.63) is 53.7 Å². The molecule has 0 saturated carbocycles. The molecule has 2 aromatic rings. The lowest BCUT2D eigenvalue weighted by atomic mass is 10.1. The maximum absolute atomic E-state index is 12.6. The number of amides is 1. The van der Waals surface area contributed by atoms with Gasteiger partial charge < -0.3 is 10.2 Å². The van der Waals surface area contributed by atoms with E-state index in [1.54, 1.807) is 18.2 Å². The van der Waals surface area contributed by atoms with Gasteiger partial charge in [-0.2, -0.15) is 0 Å². The van der Waals surface area contributed by atoms with Crippen LogP contribution in [0.4, 0.5) is 13.8 Å². The van der Waals surface area contributed by atoms with Crippen LogP contribution < -0.4 is 5.32 Å². The van der Waals surface area contributed by atoms with Crippen LogP contribution in [0, 0.1) is 0 Å². The number of nitrogens with one attached hydrogen (secondary N) is 1. The highest BCUT2D eigenvalue weighted by molar-refractivity contribution is 7.19. The fourth-order valence-electron chi connectivity index (χ4n) is 2.86. The monoisotopic (exact) mass is 362 g/mol. The molecule has 0 aliphatic carbocycles. The number of benzene rings is 1. The zero-order valence-electron chi connectivity index (χ0n) is 14.0. The number of hydrogen-bond acceptors (Lipinski definition) is 3. The van der Waals surface area contributed by atoms with Crippen molar-refractivity contribution in [2.24, 2.45) is 0 Å². The van der Waals surface area contributed by atoms with Gasteiger partial charge in [0.05, 0.1) is 5.00 Å². The second-order valence-electron chi connectivity index (χ2n) is 6.06. The lowest BCUT2D eigenvalue weighted by Gasteiger charge is -2.17. The van der Waals surface area contributed by atoms with Crippen molar-refractivity contribution >= 4 is 22.2 Å². The topological polar surface area (TPSA) is 32.3 Å². The highest BCUT2D eigenvalue weighted by Gasteiger charge is 2.13. The van der Waals surface area contributed by atoms with Crippen molar-refractivity contribution < 1.29 is 13.6 Å².